The summed E-state index contributed by atoms with van der Waals surface area (Å²) in [6, 6.07) is 7.70. The van der Waals surface area contributed by atoms with Crippen molar-refractivity contribution in [3.63, 3.8) is 0 Å². The normalized spacial score (nSPS) is 19.4. The van der Waals surface area contributed by atoms with Crippen LogP contribution in [0.4, 0.5) is 5.82 Å². The van der Waals surface area contributed by atoms with Gasteiger partial charge in [-0.25, -0.2) is 9.97 Å². The van der Waals surface area contributed by atoms with Crippen molar-refractivity contribution < 1.29 is 9.84 Å². The Kier molecular flexibility index (Phi) is 2.76. The molecule has 1 atom stereocenters. The first kappa shape index (κ1) is 11.2. The van der Waals surface area contributed by atoms with Crippen molar-refractivity contribution in [2.45, 2.75) is 12.5 Å². The molecule has 5 heteroatoms. The lowest BCUT2D eigenvalue weighted by atomic mass is 10.3. The first-order chi connectivity index (χ1) is 8.78. The van der Waals surface area contributed by atoms with Gasteiger partial charge in [0.05, 0.1) is 24.2 Å². The molecular formula is C13H15N3O2. The van der Waals surface area contributed by atoms with Crippen LogP contribution in [0.3, 0.4) is 0 Å². The van der Waals surface area contributed by atoms with Gasteiger partial charge in [-0.2, -0.15) is 0 Å². The number of aliphatic hydroxyl groups is 1. The number of fused-ring (bicyclic) bond motifs is 1. The number of rotatable bonds is 2. The Bertz CT molecular complexity index is 573. The van der Waals surface area contributed by atoms with Crippen LogP contribution in [0.15, 0.2) is 24.3 Å². The molecule has 0 saturated carbocycles. The van der Waals surface area contributed by atoms with Crippen LogP contribution in [0, 0.1) is 0 Å². The fraction of sp³-hybridized carbons (Fsp3) is 0.385. The van der Waals surface area contributed by atoms with E-state index >= 15 is 0 Å². The highest BCUT2D eigenvalue weighted by atomic mass is 16.5. The number of benzene rings is 1. The van der Waals surface area contributed by atoms with Gasteiger partial charge < -0.3 is 14.7 Å². The summed E-state index contributed by atoms with van der Waals surface area (Å²) in [6.07, 6.45) is 0.473. The van der Waals surface area contributed by atoms with E-state index in [1.807, 2.05) is 29.2 Å². The zero-order valence-electron chi connectivity index (χ0n) is 10.2. The molecule has 1 aliphatic rings. The van der Waals surface area contributed by atoms with Crippen molar-refractivity contribution >= 4 is 16.9 Å². The van der Waals surface area contributed by atoms with Gasteiger partial charge in [0.15, 0.2) is 5.82 Å². The van der Waals surface area contributed by atoms with E-state index in [0.29, 0.717) is 18.2 Å². The van der Waals surface area contributed by atoms with E-state index in [1.54, 1.807) is 7.11 Å². The highest BCUT2D eigenvalue weighted by molar-refractivity contribution is 5.77. The molecule has 2 aromatic rings. The lowest BCUT2D eigenvalue weighted by molar-refractivity contribution is 0.198. The second-order valence-corrected chi connectivity index (χ2v) is 4.43. The molecule has 2 heterocycles. The average molecular weight is 245 g/mol. The second kappa shape index (κ2) is 4.42. The fourth-order valence-corrected chi connectivity index (χ4v) is 2.25. The van der Waals surface area contributed by atoms with Gasteiger partial charge >= 0.3 is 0 Å². The summed E-state index contributed by atoms with van der Waals surface area (Å²) in [7, 11) is 1.59. The molecule has 3 rings (SSSR count). The lowest BCUT2D eigenvalue weighted by Gasteiger charge is -2.18. The van der Waals surface area contributed by atoms with Crippen LogP contribution in [-0.2, 0) is 0 Å². The molecule has 0 aliphatic carbocycles. The summed E-state index contributed by atoms with van der Waals surface area (Å²) in [6.45, 7) is 1.37. The monoisotopic (exact) mass is 245 g/mol. The molecule has 0 unspecified atom stereocenters. The number of hydrogen-bond acceptors (Lipinski definition) is 5. The van der Waals surface area contributed by atoms with E-state index in [-0.39, 0.29) is 6.10 Å². The van der Waals surface area contributed by atoms with Crippen LogP contribution in [0.25, 0.3) is 11.0 Å². The van der Waals surface area contributed by atoms with Crippen molar-refractivity contribution in [2.24, 2.45) is 0 Å². The maximum atomic E-state index is 9.61. The molecule has 1 fully saturated rings. The summed E-state index contributed by atoms with van der Waals surface area (Å²) in [5.41, 5.74) is 1.66. The number of methoxy groups -OCH3 is 1. The van der Waals surface area contributed by atoms with E-state index in [2.05, 4.69) is 9.97 Å². The van der Waals surface area contributed by atoms with E-state index in [1.165, 1.54) is 0 Å². The predicted molar refractivity (Wildman–Crippen MR) is 68.9 cm³/mol. The third kappa shape index (κ3) is 1.86. The van der Waals surface area contributed by atoms with E-state index in [4.69, 9.17) is 4.74 Å². The Morgan fingerprint density at radius 1 is 1.28 bits per heavy atom. The topological polar surface area (TPSA) is 58.5 Å². The number of β-amino-alcohol motifs (C(OH)–C–C–N with tert-alkyl or cyclic N) is 1. The Morgan fingerprint density at radius 3 is 2.61 bits per heavy atom. The highest BCUT2D eigenvalue weighted by Crippen LogP contribution is 2.29. The Morgan fingerprint density at radius 2 is 2.00 bits per heavy atom. The average Bonchev–Trinajstić information content (AvgIpc) is 2.83. The van der Waals surface area contributed by atoms with Gasteiger partial charge in [0, 0.05) is 13.1 Å². The number of ether oxygens (including phenoxy) is 1. The van der Waals surface area contributed by atoms with Crippen LogP contribution in [-0.4, -0.2) is 41.4 Å². The van der Waals surface area contributed by atoms with Gasteiger partial charge in [-0.3, -0.25) is 0 Å². The predicted octanol–water partition coefficient (Wildman–Crippen LogP) is 1.21. The SMILES string of the molecule is COc1nc2ccccc2nc1N1CC[C@H](O)C1. The van der Waals surface area contributed by atoms with Crippen LogP contribution in [0.1, 0.15) is 6.42 Å². The van der Waals surface area contributed by atoms with Gasteiger partial charge in [0.2, 0.25) is 0 Å². The highest BCUT2D eigenvalue weighted by Gasteiger charge is 2.25. The molecule has 1 aliphatic heterocycles. The number of aliphatic hydroxyl groups excluding tert-OH is 1. The number of anilines is 1. The molecule has 1 saturated heterocycles. The minimum absolute atomic E-state index is 0.289. The third-order valence-corrected chi connectivity index (χ3v) is 3.18. The van der Waals surface area contributed by atoms with Crippen molar-refractivity contribution in [3.8, 4) is 5.88 Å². The lowest BCUT2D eigenvalue weighted by Crippen LogP contribution is -2.23. The summed E-state index contributed by atoms with van der Waals surface area (Å²) >= 11 is 0. The van der Waals surface area contributed by atoms with Crippen LogP contribution in [0.5, 0.6) is 5.88 Å². The van der Waals surface area contributed by atoms with Gasteiger partial charge in [0.1, 0.15) is 0 Å². The van der Waals surface area contributed by atoms with E-state index < -0.39 is 0 Å². The molecule has 1 aromatic heterocycles. The zero-order chi connectivity index (χ0) is 12.5. The first-order valence-electron chi connectivity index (χ1n) is 6.01. The molecule has 94 valence electrons. The van der Waals surface area contributed by atoms with Crippen LogP contribution >= 0.6 is 0 Å². The number of para-hydroxylation sites is 2. The molecule has 1 aromatic carbocycles. The summed E-state index contributed by atoms with van der Waals surface area (Å²) in [5, 5.41) is 9.61. The van der Waals surface area contributed by atoms with Crippen molar-refractivity contribution in [3.05, 3.63) is 24.3 Å². The van der Waals surface area contributed by atoms with Gasteiger partial charge in [0.25, 0.3) is 5.88 Å². The van der Waals surface area contributed by atoms with Crippen molar-refractivity contribution in [1.29, 1.82) is 0 Å². The van der Waals surface area contributed by atoms with Crippen LogP contribution < -0.4 is 9.64 Å². The summed E-state index contributed by atoms with van der Waals surface area (Å²) < 4.78 is 5.30. The van der Waals surface area contributed by atoms with Gasteiger partial charge in [-0.15, -0.1) is 0 Å². The Balaban J connectivity index is 2.09. The smallest absolute Gasteiger partial charge is 0.257 e. The molecule has 0 amide bonds. The Labute approximate surface area is 105 Å². The number of nitrogens with zero attached hydrogens (tertiary/aromatic N) is 3. The molecule has 1 N–H and O–H groups in total. The Hall–Kier alpha value is -1.88. The standard InChI is InChI=1S/C13H15N3O2/c1-18-13-12(16-7-6-9(17)8-16)14-10-4-2-3-5-11(10)15-13/h2-5,9,17H,6-8H2,1H3/t9-/m0/s1. The molecule has 5 nitrogen and oxygen atoms in total. The fourth-order valence-electron chi connectivity index (χ4n) is 2.25. The molecule has 18 heavy (non-hydrogen) atoms. The second-order valence-electron chi connectivity index (χ2n) is 4.43. The summed E-state index contributed by atoms with van der Waals surface area (Å²) in [4.78, 5) is 11.1. The van der Waals surface area contributed by atoms with E-state index in [9.17, 15) is 5.11 Å². The minimum atomic E-state index is -0.289. The maximum absolute atomic E-state index is 9.61. The minimum Gasteiger partial charge on any atom is -0.478 e. The van der Waals surface area contributed by atoms with E-state index in [0.717, 1.165) is 24.0 Å². The molecule has 0 radical (unpaired) electrons. The molecular weight excluding hydrogens is 230 g/mol. The maximum Gasteiger partial charge on any atom is 0.257 e. The molecule has 0 spiro atoms. The van der Waals surface area contributed by atoms with Crippen molar-refractivity contribution in [2.75, 3.05) is 25.1 Å². The largest absolute Gasteiger partial charge is 0.478 e. The first-order valence-corrected chi connectivity index (χ1v) is 6.01. The van der Waals surface area contributed by atoms with Gasteiger partial charge in [-0.05, 0) is 18.6 Å². The number of hydrogen-bond donors (Lipinski definition) is 1. The molecule has 0 bridgehead atoms. The van der Waals surface area contributed by atoms with Gasteiger partial charge in [-0.1, -0.05) is 12.1 Å². The summed E-state index contributed by atoms with van der Waals surface area (Å²) in [5.74, 6) is 1.23. The quantitative estimate of drug-likeness (QED) is 0.861. The van der Waals surface area contributed by atoms with Crippen molar-refractivity contribution in [1.82, 2.24) is 9.97 Å². The zero-order valence-corrected chi connectivity index (χ0v) is 10.2. The third-order valence-electron chi connectivity index (χ3n) is 3.18. The number of aromatic nitrogens is 2. The van der Waals surface area contributed by atoms with Crippen LogP contribution in [0.2, 0.25) is 0 Å².